The highest BCUT2D eigenvalue weighted by Gasteiger charge is 2.55. The van der Waals surface area contributed by atoms with Crippen molar-refractivity contribution in [2.45, 2.75) is 36.6 Å². The quantitative estimate of drug-likeness (QED) is 0.689. The maximum Gasteiger partial charge on any atom is 0.321 e. The summed E-state index contributed by atoms with van der Waals surface area (Å²) in [6.45, 7) is 0. The molecule has 2 N–H and O–H groups in total. The van der Waals surface area contributed by atoms with Gasteiger partial charge in [-0.25, -0.2) is 0 Å². The lowest BCUT2D eigenvalue weighted by atomic mass is 9.94. The Morgan fingerprint density at radius 3 is 2.86 bits per heavy atom. The van der Waals surface area contributed by atoms with Crippen molar-refractivity contribution >= 4 is 17.7 Å². The minimum absolute atomic E-state index is 0.145. The van der Waals surface area contributed by atoms with Crippen LogP contribution in [0.4, 0.5) is 0 Å². The molecule has 2 bridgehead atoms. The molecular formula is C10H15NO2S. The summed E-state index contributed by atoms with van der Waals surface area (Å²) in [6, 6.07) is -0.306. The number of carboxylic acids is 1. The third kappa shape index (κ3) is 1.13. The number of carbonyl (C=O) groups is 1. The lowest BCUT2D eigenvalue weighted by Crippen LogP contribution is -2.48. The van der Waals surface area contributed by atoms with Gasteiger partial charge in [-0.1, -0.05) is 0 Å². The monoisotopic (exact) mass is 213 g/mol. The average Bonchev–Trinajstić information content (AvgIpc) is 2.79. The molecule has 14 heavy (non-hydrogen) atoms. The van der Waals surface area contributed by atoms with E-state index in [0.29, 0.717) is 0 Å². The smallest absolute Gasteiger partial charge is 0.321 e. The van der Waals surface area contributed by atoms with Gasteiger partial charge in [0.1, 0.15) is 6.04 Å². The van der Waals surface area contributed by atoms with E-state index in [1.165, 1.54) is 25.7 Å². The average molecular weight is 213 g/mol. The lowest BCUT2D eigenvalue weighted by Gasteiger charge is -2.33. The van der Waals surface area contributed by atoms with Crippen LogP contribution in [-0.4, -0.2) is 27.7 Å². The van der Waals surface area contributed by atoms with Crippen molar-refractivity contribution < 1.29 is 9.90 Å². The van der Waals surface area contributed by atoms with Crippen LogP contribution in [0.15, 0.2) is 0 Å². The van der Waals surface area contributed by atoms with E-state index in [1.807, 2.05) is 11.8 Å². The molecule has 1 saturated heterocycles. The third-order valence-corrected chi connectivity index (χ3v) is 5.65. The van der Waals surface area contributed by atoms with Crippen LogP contribution in [0, 0.1) is 11.8 Å². The normalized spacial score (nSPS) is 50.4. The number of hydrogen-bond donors (Lipinski definition) is 2. The number of carboxylic acid groups (broad SMARTS) is 1. The van der Waals surface area contributed by atoms with Crippen molar-refractivity contribution in [3.8, 4) is 0 Å². The second-order valence-electron chi connectivity index (χ2n) is 4.82. The lowest BCUT2D eigenvalue weighted by molar-refractivity contribution is -0.139. The second-order valence-corrected chi connectivity index (χ2v) is 6.17. The van der Waals surface area contributed by atoms with Crippen LogP contribution in [0.2, 0.25) is 0 Å². The van der Waals surface area contributed by atoms with Crippen molar-refractivity contribution in [1.82, 2.24) is 5.32 Å². The molecule has 4 heteroatoms. The number of thioether (sulfide) groups is 1. The summed E-state index contributed by atoms with van der Waals surface area (Å²) in [4.78, 5) is 11.0. The Balaban J connectivity index is 1.78. The zero-order valence-corrected chi connectivity index (χ0v) is 8.85. The first-order valence-electron chi connectivity index (χ1n) is 5.34. The van der Waals surface area contributed by atoms with Gasteiger partial charge < -0.3 is 5.11 Å². The van der Waals surface area contributed by atoms with Gasteiger partial charge in [0, 0.05) is 5.75 Å². The summed E-state index contributed by atoms with van der Waals surface area (Å²) >= 11 is 1.86. The Hall–Kier alpha value is -0.220. The van der Waals surface area contributed by atoms with Crippen LogP contribution in [0.25, 0.3) is 0 Å². The molecule has 0 radical (unpaired) electrons. The van der Waals surface area contributed by atoms with Crippen molar-refractivity contribution in [1.29, 1.82) is 0 Å². The topological polar surface area (TPSA) is 49.3 Å². The van der Waals surface area contributed by atoms with Crippen LogP contribution < -0.4 is 5.32 Å². The van der Waals surface area contributed by atoms with Gasteiger partial charge >= 0.3 is 5.97 Å². The van der Waals surface area contributed by atoms with Crippen LogP contribution in [0.5, 0.6) is 0 Å². The molecule has 0 aromatic heterocycles. The highest BCUT2D eigenvalue weighted by molar-refractivity contribution is 8.01. The highest BCUT2D eigenvalue weighted by Crippen LogP contribution is 2.57. The summed E-state index contributed by atoms with van der Waals surface area (Å²) in [7, 11) is 0. The number of hydrogen-bond acceptors (Lipinski definition) is 3. The summed E-state index contributed by atoms with van der Waals surface area (Å²) in [5, 5.41) is 12.3. The summed E-state index contributed by atoms with van der Waals surface area (Å²) in [6.07, 6.45) is 5.20. The van der Waals surface area contributed by atoms with E-state index in [4.69, 9.17) is 5.11 Å². The molecule has 3 nitrogen and oxygen atoms in total. The summed E-state index contributed by atoms with van der Waals surface area (Å²) < 4.78 is 0. The Morgan fingerprint density at radius 1 is 1.50 bits per heavy atom. The molecular weight excluding hydrogens is 198 g/mol. The predicted octanol–water partition coefficient (Wildman–Crippen LogP) is 1.29. The second kappa shape index (κ2) is 2.89. The van der Waals surface area contributed by atoms with Gasteiger partial charge in [-0.3, -0.25) is 10.1 Å². The fourth-order valence-electron chi connectivity index (χ4n) is 3.38. The molecule has 1 aliphatic heterocycles. The molecule has 3 rings (SSSR count). The van der Waals surface area contributed by atoms with Gasteiger partial charge in [0.25, 0.3) is 0 Å². The molecule has 78 valence electrons. The third-order valence-electron chi connectivity index (χ3n) is 4.02. The Labute approximate surface area is 87.6 Å². The number of rotatable bonds is 1. The van der Waals surface area contributed by atoms with E-state index in [9.17, 15) is 4.79 Å². The number of nitrogens with one attached hydrogen (secondary N) is 1. The minimum atomic E-state index is -0.683. The van der Waals surface area contributed by atoms with Crippen molar-refractivity contribution in [2.75, 3.05) is 5.75 Å². The maximum atomic E-state index is 10.9. The first-order valence-corrected chi connectivity index (χ1v) is 6.33. The van der Waals surface area contributed by atoms with Crippen LogP contribution in [0.3, 0.4) is 0 Å². The molecule has 4 atom stereocenters. The molecule has 0 aromatic rings. The van der Waals surface area contributed by atoms with Crippen LogP contribution in [-0.2, 0) is 4.79 Å². The zero-order chi connectivity index (χ0) is 9.76. The molecule has 3 aliphatic rings. The molecule has 0 amide bonds. The van der Waals surface area contributed by atoms with E-state index in [0.717, 1.165) is 17.6 Å². The Kier molecular flexibility index (Phi) is 1.86. The minimum Gasteiger partial charge on any atom is -0.480 e. The van der Waals surface area contributed by atoms with E-state index < -0.39 is 5.97 Å². The highest BCUT2D eigenvalue weighted by atomic mass is 32.2. The molecule has 2 aliphatic carbocycles. The predicted molar refractivity (Wildman–Crippen MR) is 55.2 cm³/mol. The summed E-state index contributed by atoms with van der Waals surface area (Å²) in [5.41, 5.74) is 0. The largest absolute Gasteiger partial charge is 0.480 e. The van der Waals surface area contributed by atoms with E-state index >= 15 is 0 Å². The molecule has 4 unspecified atom stereocenters. The first-order chi connectivity index (χ1) is 6.70. The number of fused-ring (bicyclic) bond motifs is 3. The van der Waals surface area contributed by atoms with Gasteiger partial charge in [-0.05, 0) is 37.5 Å². The van der Waals surface area contributed by atoms with Crippen LogP contribution in [0.1, 0.15) is 25.7 Å². The Morgan fingerprint density at radius 2 is 2.36 bits per heavy atom. The van der Waals surface area contributed by atoms with Crippen molar-refractivity contribution in [3.05, 3.63) is 0 Å². The van der Waals surface area contributed by atoms with Gasteiger partial charge in [0.15, 0.2) is 0 Å². The summed E-state index contributed by atoms with van der Waals surface area (Å²) in [5.74, 6) is 1.67. The van der Waals surface area contributed by atoms with E-state index in [-0.39, 0.29) is 10.9 Å². The van der Waals surface area contributed by atoms with E-state index in [1.54, 1.807) is 0 Å². The first kappa shape index (κ1) is 9.04. The van der Waals surface area contributed by atoms with Gasteiger partial charge in [0.2, 0.25) is 0 Å². The van der Waals surface area contributed by atoms with Gasteiger partial charge in [-0.15, -0.1) is 11.8 Å². The Bertz CT molecular complexity index is 283. The van der Waals surface area contributed by atoms with Gasteiger partial charge in [0.05, 0.1) is 4.87 Å². The molecule has 0 aromatic carbocycles. The molecule has 1 heterocycles. The standard InChI is InChI=1S/C10H15NO2S/c12-9(13)8-5-14-10(11-8)4-6-1-2-7(10)3-6/h6-8,11H,1-5H2,(H,12,13). The maximum absolute atomic E-state index is 10.9. The van der Waals surface area contributed by atoms with E-state index in [2.05, 4.69) is 5.32 Å². The molecule has 2 saturated carbocycles. The zero-order valence-electron chi connectivity index (χ0n) is 8.03. The fourth-order valence-corrected chi connectivity index (χ4v) is 5.10. The van der Waals surface area contributed by atoms with Crippen molar-refractivity contribution in [3.63, 3.8) is 0 Å². The number of aliphatic carboxylic acids is 1. The fraction of sp³-hybridized carbons (Fsp3) is 0.900. The van der Waals surface area contributed by atoms with Gasteiger partial charge in [-0.2, -0.15) is 0 Å². The molecule has 3 fully saturated rings. The SMILES string of the molecule is O=C(O)C1CSC2(CC3CCC2C3)N1. The molecule has 1 spiro atoms. The van der Waals surface area contributed by atoms with Crippen LogP contribution >= 0.6 is 11.8 Å². The van der Waals surface area contributed by atoms with Crippen molar-refractivity contribution in [2.24, 2.45) is 11.8 Å².